The van der Waals surface area contributed by atoms with Gasteiger partial charge in [0.05, 0.1) is 0 Å². The summed E-state index contributed by atoms with van der Waals surface area (Å²) in [5.74, 6) is 0. The van der Waals surface area contributed by atoms with Crippen molar-refractivity contribution in [3.8, 4) is 0 Å². The monoisotopic (exact) mass is 224 g/mol. The number of hydrogen-bond donors (Lipinski definition) is 1. The minimum absolute atomic E-state index is 0.133. The van der Waals surface area contributed by atoms with E-state index in [-0.39, 0.29) is 6.03 Å². The standard InChI is InChI=1S/C13H24N2O/c1-5-14-11(16)15-9-13(4)7-10(15)6-12(2,3)8-13/h10H,5-9H2,1-4H3,(H,14,16)/t10-,13-/m0/s1. The molecular weight excluding hydrogens is 200 g/mol. The Balaban J connectivity index is 2.13. The predicted molar refractivity (Wildman–Crippen MR) is 65.3 cm³/mol. The number of urea groups is 1. The van der Waals surface area contributed by atoms with Crippen LogP contribution >= 0.6 is 0 Å². The van der Waals surface area contributed by atoms with Gasteiger partial charge in [-0.25, -0.2) is 4.79 Å². The lowest BCUT2D eigenvalue weighted by Crippen LogP contribution is -2.43. The third kappa shape index (κ3) is 2.04. The van der Waals surface area contributed by atoms with Crippen LogP contribution in [0.1, 0.15) is 47.0 Å². The summed E-state index contributed by atoms with van der Waals surface area (Å²) in [4.78, 5) is 14.0. The van der Waals surface area contributed by atoms with Crippen LogP contribution in [0.15, 0.2) is 0 Å². The summed E-state index contributed by atoms with van der Waals surface area (Å²) < 4.78 is 0. The Hall–Kier alpha value is -0.730. The number of amides is 2. The van der Waals surface area contributed by atoms with Gasteiger partial charge in [0, 0.05) is 19.1 Å². The van der Waals surface area contributed by atoms with Crippen LogP contribution < -0.4 is 5.32 Å². The predicted octanol–water partition coefficient (Wildman–Crippen LogP) is 2.62. The van der Waals surface area contributed by atoms with E-state index in [1.54, 1.807) is 0 Å². The zero-order chi connectivity index (χ0) is 12.0. The molecule has 1 saturated heterocycles. The lowest BCUT2D eigenvalue weighted by atomic mass is 9.65. The van der Waals surface area contributed by atoms with Crippen molar-refractivity contribution in [1.82, 2.24) is 10.2 Å². The first kappa shape index (κ1) is 11.7. The number of hydrogen-bond acceptors (Lipinski definition) is 1. The van der Waals surface area contributed by atoms with Crippen LogP contribution in [0, 0.1) is 10.8 Å². The first-order chi connectivity index (χ1) is 7.35. The molecule has 0 spiro atoms. The van der Waals surface area contributed by atoms with Gasteiger partial charge < -0.3 is 10.2 Å². The molecule has 3 heteroatoms. The van der Waals surface area contributed by atoms with E-state index in [1.807, 2.05) is 6.92 Å². The number of likely N-dealkylation sites (tertiary alicyclic amines) is 1. The minimum Gasteiger partial charge on any atom is -0.338 e. The van der Waals surface area contributed by atoms with Gasteiger partial charge in [-0.1, -0.05) is 20.8 Å². The van der Waals surface area contributed by atoms with Crippen molar-refractivity contribution in [3.05, 3.63) is 0 Å². The van der Waals surface area contributed by atoms with E-state index in [4.69, 9.17) is 0 Å². The van der Waals surface area contributed by atoms with E-state index < -0.39 is 0 Å². The van der Waals surface area contributed by atoms with E-state index in [9.17, 15) is 4.79 Å². The van der Waals surface area contributed by atoms with E-state index in [0.717, 1.165) is 19.5 Å². The van der Waals surface area contributed by atoms with Crippen molar-refractivity contribution in [3.63, 3.8) is 0 Å². The molecule has 0 aromatic rings. The van der Waals surface area contributed by atoms with Gasteiger partial charge >= 0.3 is 6.03 Å². The van der Waals surface area contributed by atoms with Gasteiger partial charge in [0.1, 0.15) is 0 Å². The van der Waals surface area contributed by atoms with Crippen molar-refractivity contribution < 1.29 is 4.79 Å². The highest BCUT2D eigenvalue weighted by Gasteiger charge is 2.50. The number of carbonyl (C=O) groups excluding carboxylic acids is 1. The summed E-state index contributed by atoms with van der Waals surface area (Å²) in [6.07, 6.45) is 3.58. The van der Waals surface area contributed by atoms with Crippen molar-refractivity contribution >= 4 is 6.03 Å². The normalized spacial score (nSPS) is 36.2. The van der Waals surface area contributed by atoms with Crippen molar-refractivity contribution in [2.24, 2.45) is 10.8 Å². The largest absolute Gasteiger partial charge is 0.338 e. The van der Waals surface area contributed by atoms with Gasteiger partial charge in [0.25, 0.3) is 0 Å². The van der Waals surface area contributed by atoms with Crippen molar-refractivity contribution in [2.45, 2.75) is 53.0 Å². The summed E-state index contributed by atoms with van der Waals surface area (Å²) in [5, 5.41) is 2.93. The second-order valence-corrected chi connectivity index (χ2v) is 6.68. The van der Waals surface area contributed by atoms with Crippen molar-refractivity contribution in [2.75, 3.05) is 13.1 Å². The molecule has 2 fully saturated rings. The quantitative estimate of drug-likeness (QED) is 0.729. The number of carbonyl (C=O) groups is 1. The fourth-order valence-electron chi connectivity index (χ4n) is 3.95. The smallest absolute Gasteiger partial charge is 0.317 e. The van der Waals surface area contributed by atoms with Crippen LogP contribution in [0.4, 0.5) is 4.79 Å². The minimum atomic E-state index is 0.133. The third-order valence-corrected chi connectivity index (χ3v) is 4.00. The summed E-state index contributed by atoms with van der Waals surface area (Å²) >= 11 is 0. The molecule has 3 nitrogen and oxygen atoms in total. The van der Waals surface area contributed by atoms with Gasteiger partial charge in [-0.2, -0.15) is 0 Å². The SMILES string of the molecule is CCNC(=O)N1C[C@@]2(C)C[C@@H]1CC(C)(C)C2. The van der Waals surface area contributed by atoms with Crippen LogP contribution in [-0.4, -0.2) is 30.1 Å². The molecule has 1 aliphatic heterocycles. The maximum absolute atomic E-state index is 12.0. The van der Waals surface area contributed by atoms with Gasteiger partial charge in [0.2, 0.25) is 0 Å². The Morgan fingerprint density at radius 3 is 2.69 bits per heavy atom. The van der Waals surface area contributed by atoms with Gasteiger partial charge in [-0.3, -0.25) is 0 Å². The van der Waals surface area contributed by atoms with E-state index in [2.05, 4.69) is 31.0 Å². The number of rotatable bonds is 1. The van der Waals surface area contributed by atoms with E-state index in [1.165, 1.54) is 12.8 Å². The highest BCUT2D eigenvalue weighted by molar-refractivity contribution is 5.75. The molecular formula is C13H24N2O. The topological polar surface area (TPSA) is 32.3 Å². The molecule has 1 aliphatic carbocycles. The highest BCUT2D eigenvalue weighted by Crippen LogP contribution is 2.52. The summed E-state index contributed by atoms with van der Waals surface area (Å²) in [5.41, 5.74) is 0.733. The second kappa shape index (κ2) is 3.64. The van der Waals surface area contributed by atoms with Crippen LogP contribution in [0.2, 0.25) is 0 Å². The molecule has 2 aliphatic rings. The van der Waals surface area contributed by atoms with Gasteiger partial charge in [-0.05, 0) is 37.0 Å². The average Bonchev–Trinajstić information content (AvgIpc) is 2.35. The summed E-state index contributed by atoms with van der Waals surface area (Å²) in [6.45, 7) is 10.6. The lowest BCUT2D eigenvalue weighted by molar-refractivity contribution is 0.129. The second-order valence-electron chi connectivity index (χ2n) is 6.68. The molecule has 0 aromatic carbocycles. The molecule has 0 unspecified atom stereocenters. The molecule has 0 aromatic heterocycles. The fourth-order valence-corrected chi connectivity index (χ4v) is 3.95. The molecule has 2 rings (SSSR count). The highest BCUT2D eigenvalue weighted by atomic mass is 16.2. The number of nitrogens with zero attached hydrogens (tertiary/aromatic N) is 1. The molecule has 1 N–H and O–H groups in total. The Bertz CT molecular complexity index is 300. The maximum Gasteiger partial charge on any atom is 0.317 e. The Labute approximate surface area is 98.6 Å². The number of fused-ring (bicyclic) bond motifs is 2. The fraction of sp³-hybridized carbons (Fsp3) is 0.923. The van der Waals surface area contributed by atoms with Gasteiger partial charge in [-0.15, -0.1) is 0 Å². The Morgan fingerprint density at radius 2 is 2.06 bits per heavy atom. The van der Waals surface area contributed by atoms with Crippen LogP contribution in [0.3, 0.4) is 0 Å². The van der Waals surface area contributed by atoms with Gasteiger partial charge in [0.15, 0.2) is 0 Å². The molecule has 2 bridgehead atoms. The Kier molecular flexibility index (Phi) is 2.67. The Morgan fingerprint density at radius 1 is 1.38 bits per heavy atom. The van der Waals surface area contributed by atoms with Crippen molar-refractivity contribution in [1.29, 1.82) is 0 Å². The first-order valence-corrected chi connectivity index (χ1v) is 6.40. The number of nitrogens with one attached hydrogen (secondary N) is 1. The lowest BCUT2D eigenvalue weighted by Gasteiger charge is -2.39. The molecule has 1 heterocycles. The van der Waals surface area contributed by atoms with Crippen LogP contribution in [0.25, 0.3) is 0 Å². The van der Waals surface area contributed by atoms with Crippen LogP contribution in [0.5, 0.6) is 0 Å². The summed E-state index contributed by atoms with van der Waals surface area (Å²) in [6, 6.07) is 0.592. The van der Waals surface area contributed by atoms with Crippen LogP contribution in [-0.2, 0) is 0 Å². The maximum atomic E-state index is 12.0. The third-order valence-electron chi connectivity index (χ3n) is 4.00. The van der Waals surface area contributed by atoms with E-state index in [0.29, 0.717) is 16.9 Å². The molecule has 16 heavy (non-hydrogen) atoms. The average molecular weight is 224 g/mol. The zero-order valence-electron chi connectivity index (χ0n) is 11.0. The molecule has 2 amide bonds. The molecule has 2 atom stereocenters. The first-order valence-electron chi connectivity index (χ1n) is 6.40. The summed E-state index contributed by atoms with van der Waals surface area (Å²) in [7, 11) is 0. The molecule has 0 radical (unpaired) electrons. The molecule has 1 saturated carbocycles. The zero-order valence-corrected chi connectivity index (χ0v) is 11.0. The van der Waals surface area contributed by atoms with E-state index >= 15 is 0 Å². The molecule has 92 valence electrons.